The van der Waals surface area contributed by atoms with Gasteiger partial charge in [-0.05, 0) is 12.8 Å². The van der Waals surface area contributed by atoms with E-state index in [-0.39, 0.29) is 11.8 Å². The third-order valence-electron chi connectivity index (χ3n) is 4.38. The predicted octanol–water partition coefficient (Wildman–Crippen LogP) is 0.731. The molecule has 0 unspecified atom stereocenters. The quantitative estimate of drug-likeness (QED) is 0.877. The van der Waals surface area contributed by atoms with Crippen molar-refractivity contribution < 1.29 is 14.3 Å². The van der Waals surface area contributed by atoms with E-state index in [4.69, 9.17) is 4.74 Å². The summed E-state index contributed by atoms with van der Waals surface area (Å²) in [6.07, 6.45) is 2.40. The highest BCUT2D eigenvalue weighted by Gasteiger charge is 2.29. The number of amides is 2. The first-order valence-electron chi connectivity index (χ1n) is 8.39. The normalized spacial score (nSPS) is 17.3. The maximum Gasteiger partial charge on any atom is 0.253 e. The van der Waals surface area contributed by atoms with Gasteiger partial charge in [0.2, 0.25) is 5.91 Å². The Morgan fingerprint density at radius 2 is 2.12 bits per heavy atom. The van der Waals surface area contributed by atoms with E-state index < -0.39 is 0 Å². The van der Waals surface area contributed by atoms with E-state index in [1.165, 1.54) is 6.92 Å². The van der Waals surface area contributed by atoms with Crippen LogP contribution in [0.2, 0.25) is 0 Å². The lowest BCUT2D eigenvalue weighted by molar-refractivity contribution is -0.129. The van der Waals surface area contributed by atoms with Gasteiger partial charge < -0.3 is 19.5 Å². The van der Waals surface area contributed by atoms with Gasteiger partial charge in [0.25, 0.3) is 5.91 Å². The minimum atomic E-state index is -0.101. The molecule has 0 saturated carbocycles. The zero-order valence-electron chi connectivity index (χ0n) is 14.2. The summed E-state index contributed by atoms with van der Waals surface area (Å²) in [5.74, 6) is 2.25. The Hall–Kier alpha value is -2.38. The van der Waals surface area contributed by atoms with Gasteiger partial charge in [-0.15, -0.1) is 10.2 Å². The molecule has 0 saturated heterocycles. The number of fused-ring (bicyclic) bond motifs is 1. The minimum absolute atomic E-state index is 0.0456. The smallest absolute Gasteiger partial charge is 0.253 e. The molecule has 2 amide bonds. The topological polar surface area (TPSA) is 89.4 Å². The first kappa shape index (κ1) is 16.5. The number of allylic oxidation sites excluding steroid dienone is 1. The number of ether oxygens (including phenoxy) is 1. The van der Waals surface area contributed by atoms with Crippen LogP contribution in [-0.2, 0) is 34.0 Å². The van der Waals surface area contributed by atoms with Crippen LogP contribution >= 0.6 is 0 Å². The van der Waals surface area contributed by atoms with Gasteiger partial charge in [-0.3, -0.25) is 9.59 Å². The Kier molecular flexibility index (Phi) is 4.82. The molecule has 3 rings (SSSR count). The summed E-state index contributed by atoms with van der Waals surface area (Å²) in [4.78, 5) is 25.7. The summed E-state index contributed by atoms with van der Waals surface area (Å²) in [5.41, 5.74) is 0.801. The molecule has 3 heterocycles. The van der Waals surface area contributed by atoms with Crippen molar-refractivity contribution in [2.75, 3.05) is 13.2 Å². The van der Waals surface area contributed by atoms with Crippen LogP contribution in [0.4, 0.5) is 0 Å². The van der Waals surface area contributed by atoms with Crippen LogP contribution < -0.4 is 5.32 Å². The molecule has 0 radical (unpaired) electrons. The molecule has 24 heavy (non-hydrogen) atoms. The Morgan fingerprint density at radius 3 is 2.88 bits per heavy atom. The van der Waals surface area contributed by atoms with Crippen LogP contribution in [0.25, 0.3) is 0 Å². The third-order valence-corrected chi connectivity index (χ3v) is 4.38. The average molecular weight is 333 g/mol. The highest BCUT2D eigenvalue weighted by Crippen LogP contribution is 2.25. The highest BCUT2D eigenvalue weighted by molar-refractivity contribution is 5.94. The van der Waals surface area contributed by atoms with Crippen molar-refractivity contribution in [3.8, 4) is 0 Å². The number of aromatic nitrogens is 3. The van der Waals surface area contributed by atoms with Crippen molar-refractivity contribution >= 4 is 11.8 Å². The molecule has 1 aromatic heterocycles. The lowest BCUT2D eigenvalue weighted by atomic mass is 10.0. The Bertz CT molecular complexity index is 679. The largest absolute Gasteiger partial charge is 0.497 e. The molecule has 0 aliphatic carbocycles. The molecule has 0 fully saturated rings. The molecular weight excluding hydrogens is 310 g/mol. The van der Waals surface area contributed by atoms with Crippen LogP contribution in [-0.4, -0.2) is 44.6 Å². The number of nitrogens with one attached hydrogen (secondary N) is 1. The summed E-state index contributed by atoms with van der Waals surface area (Å²) in [7, 11) is 0. The monoisotopic (exact) mass is 333 g/mol. The molecule has 2 aliphatic heterocycles. The molecule has 8 heteroatoms. The molecule has 2 aliphatic rings. The van der Waals surface area contributed by atoms with Crippen LogP contribution in [0.1, 0.15) is 44.8 Å². The molecule has 130 valence electrons. The summed E-state index contributed by atoms with van der Waals surface area (Å²) in [5, 5.41) is 11.0. The van der Waals surface area contributed by atoms with Crippen molar-refractivity contribution in [2.24, 2.45) is 0 Å². The zero-order valence-corrected chi connectivity index (χ0v) is 14.2. The fourth-order valence-corrected chi connectivity index (χ4v) is 3.13. The number of carbonyl (C=O) groups is 2. The van der Waals surface area contributed by atoms with Crippen molar-refractivity contribution in [2.45, 2.75) is 52.7 Å². The van der Waals surface area contributed by atoms with Gasteiger partial charge >= 0.3 is 0 Å². The molecule has 1 aromatic rings. The van der Waals surface area contributed by atoms with E-state index in [9.17, 15) is 9.59 Å². The predicted molar refractivity (Wildman–Crippen MR) is 85.5 cm³/mol. The van der Waals surface area contributed by atoms with Crippen molar-refractivity contribution in [3.63, 3.8) is 0 Å². The number of rotatable bonds is 4. The van der Waals surface area contributed by atoms with Gasteiger partial charge in [-0.25, -0.2) is 0 Å². The van der Waals surface area contributed by atoms with E-state index in [2.05, 4.69) is 15.5 Å². The maximum absolute atomic E-state index is 12.8. The van der Waals surface area contributed by atoms with Crippen LogP contribution in [0.3, 0.4) is 0 Å². The lowest BCUT2D eigenvalue weighted by Gasteiger charge is -2.30. The fraction of sp³-hybridized carbons (Fsp3) is 0.625. The summed E-state index contributed by atoms with van der Waals surface area (Å²) in [6.45, 7) is 6.21. The highest BCUT2D eigenvalue weighted by atomic mass is 16.5. The molecule has 0 aromatic carbocycles. The van der Waals surface area contributed by atoms with Crippen LogP contribution in [0, 0.1) is 0 Å². The standard InChI is InChI=1S/C16H23N5O3/c1-3-13-12(5-4-8-24-13)16(23)20-6-7-21-14(9-17-11(2)22)18-19-15(21)10-20/h3-10H2,1-2H3,(H,17,22). The van der Waals surface area contributed by atoms with Gasteiger partial charge in [0.15, 0.2) is 11.6 Å². The van der Waals surface area contributed by atoms with Crippen molar-refractivity contribution in [3.05, 3.63) is 23.0 Å². The van der Waals surface area contributed by atoms with Crippen molar-refractivity contribution in [1.29, 1.82) is 0 Å². The van der Waals surface area contributed by atoms with Gasteiger partial charge in [0, 0.05) is 26.4 Å². The minimum Gasteiger partial charge on any atom is -0.497 e. The van der Waals surface area contributed by atoms with E-state index >= 15 is 0 Å². The molecule has 0 bridgehead atoms. The summed E-state index contributed by atoms with van der Waals surface area (Å²) in [6, 6.07) is 0. The van der Waals surface area contributed by atoms with Gasteiger partial charge in [-0.2, -0.15) is 0 Å². The Labute approximate surface area is 140 Å². The molecule has 1 N–H and O–H groups in total. The number of hydrogen-bond donors (Lipinski definition) is 1. The van der Waals surface area contributed by atoms with E-state index in [1.54, 1.807) is 0 Å². The fourth-order valence-electron chi connectivity index (χ4n) is 3.13. The SMILES string of the molecule is CCC1=C(C(=O)N2CCn3c(CNC(C)=O)nnc3C2)CCCO1. The Morgan fingerprint density at radius 1 is 1.29 bits per heavy atom. The first-order valence-corrected chi connectivity index (χ1v) is 8.39. The Balaban J connectivity index is 1.72. The van der Waals surface area contributed by atoms with E-state index in [1.807, 2.05) is 16.4 Å². The molecular formula is C16H23N5O3. The van der Waals surface area contributed by atoms with Crippen LogP contribution in [0.5, 0.6) is 0 Å². The number of hydrogen-bond acceptors (Lipinski definition) is 5. The maximum atomic E-state index is 12.8. The van der Waals surface area contributed by atoms with E-state index in [0.717, 1.165) is 42.2 Å². The number of carbonyl (C=O) groups excluding carboxylic acids is 2. The second-order valence-electron chi connectivity index (χ2n) is 6.03. The van der Waals surface area contributed by atoms with Gasteiger partial charge in [0.05, 0.1) is 25.3 Å². The zero-order chi connectivity index (χ0) is 17.1. The second-order valence-corrected chi connectivity index (χ2v) is 6.03. The molecule has 8 nitrogen and oxygen atoms in total. The van der Waals surface area contributed by atoms with Gasteiger partial charge in [-0.1, -0.05) is 6.92 Å². The average Bonchev–Trinajstić information content (AvgIpc) is 3.01. The summed E-state index contributed by atoms with van der Waals surface area (Å²) < 4.78 is 7.62. The molecule has 0 atom stereocenters. The summed E-state index contributed by atoms with van der Waals surface area (Å²) >= 11 is 0. The lowest BCUT2D eigenvalue weighted by Crippen LogP contribution is -2.40. The van der Waals surface area contributed by atoms with Crippen LogP contribution in [0.15, 0.2) is 11.3 Å². The first-order chi connectivity index (χ1) is 11.6. The second kappa shape index (κ2) is 7.02. The third kappa shape index (κ3) is 3.27. The number of nitrogens with zero attached hydrogens (tertiary/aromatic N) is 4. The van der Waals surface area contributed by atoms with Gasteiger partial charge in [0.1, 0.15) is 5.76 Å². The van der Waals surface area contributed by atoms with Crippen molar-refractivity contribution in [1.82, 2.24) is 25.0 Å². The molecule has 0 spiro atoms. The van der Waals surface area contributed by atoms with E-state index in [0.29, 0.717) is 32.8 Å².